The number of aromatic amines is 1. The molecule has 0 saturated heterocycles. The highest BCUT2D eigenvalue weighted by molar-refractivity contribution is 6.10. The SMILES string of the molecule is Cn1c(C(N)=O)c(Nc2cccc(C(F)(F)F)c2)c2c(Cc3ccc(-c4nn[nH]n4)cc3)cccc21. The van der Waals surface area contributed by atoms with Crippen LogP contribution in [-0.4, -0.2) is 31.1 Å². The highest BCUT2D eigenvalue weighted by Gasteiger charge is 2.30. The number of tetrazole rings is 1. The summed E-state index contributed by atoms with van der Waals surface area (Å²) in [5.74, 6) is -0.219. The lowest BCUT2D eigenvalue weighted by atomic mass is 9.99. The number of alkyl halides is 3. The Morgan fingerprint density at radius 2 is 1.83 bits per heavy atom. The molecule has 8 nitrogen and oxygen atoms in total. The number of hydrogen-bond acceptors (Lipinski definition) is 5. The first kappa shape index (κ1) is 23.1. The van der Waals surface area contributed by atoms with Crippen molar-refractivity contribution in [2.45, 2.75) is 12.6 Å². The van der Waals surface area contributed by atoms with Gasteiger partial charge in [0.15, 0.2) is 0 Å². The number of nitrogens with zero attached hydrogens (tertiary/aromatic N) is 4. The number of aryl methyl sites for hydroxylation is 1. The smallest absolute Gasteiger partial charge is 0.364 e. The van der Waals surface area contributed by atoms with E-state index in [1.165, 1.54) is 12.1 Å². The van der Waals surface area contributed by atoms with Crippen LogP contribution in [0, 0.1) is 0 Å². The molecule has 5 aromatic rings. The summed E-state index contributed by atoms with van der Waals surface area (Å²) in [6.45, 7) is 0. The van der Waals surface area contributed by atoms with Gasteiger partial charge in [-0.15, -0.1) is 10.2 Å². The molecular formula is C25H20F3N7O. The first-order valence-electron chi connectivity index (χ1n) is 10.9. The van der Waals surface area contributed by atoms with Crippen molar-refractivity contribution in [3.63, 3.8) is 0 Å². The fraction of sp³-hybridized carbons (Fsp3) is 0.120. The fourth-order valence-electron chi connectivity index (χ4n) is 4.31. The third-order valence-electron chi connectivity index (χ3n) is 5.96. The topological polar surface area (TPSA) is 115 Å². The monoisotopic (exact) mass is 491 g/mol. The Balaban J connectivity index is 1.58. The number of nitrogens with one attached hydrogen (secondary N) is 2. The van der Waals surface area contributed by atoms with Crippen LogP contribution >= 0.6 is 0 Å². The number of aromatic nitrogens is 5. The molecule has 0 bridgehead atoms. The molecule has 182 valence electrons. The van der Waals surface area contributed by atoms with Gasteiger partial charge in [0, 0.05) is 23.7 Å². The highest BCUT2D eigenvalue weighted by Crippen LogP contribution is 2.37. The van der Waals surface area contributed by atoms with Crippen molar-refractivity contribution in [3.8, 4) is 11.4 Å². The number of anilines is 2. The van der Waals surface area contributed by atoms with Crippen LogP contribution < -0.4 is 11.1 Å². The first-order valence-corrected chi connectivity index (χ1v) is 10.9. The van der Waals surface area contributed by atoms with Crippen LogP contribution in [0.25, 0.3) is 22.3 Å². The van der Waals surface area contributed by atoms with E-state index in [0.29, 0.717) is 23.3 Å². The molecule has 0 aliphatic heterocycles. The van der Waals surface area contributed by atoms with Gasteiger partial charge in [-0.2, -0.15) is 18.4 Å². The molecule has 36 heavy (non-hydrogen) atoms. The van der Waals surface area contributed by atoms with Crippen molar-refractivity contribution in [1.82, 2.24) is 25.2 Å². The van der Waals surface area contributed by atoms with E-state index in [1.54, 1.807) is 11.6 Å². The lowest BCUT2D eigenvalue weighted by Crippen LogP contribution is -2.17. The van der Waals surface area contributed by atoms with Gasteiger partial charge in [-0.3, -0.25) is 4.79 Å². The van der Waals surface area contributed by atoms with Crippen molar-refractivity contribution in [2.24, 2.45) is 12.8 Å². The minimum absolute atomic E-state index is 0.169. The van der Waals surface area contributed by atoms with E-state index in [2.05, 4.69) is 25.9 Å². The zero-order valence-corrected chi connectivity index (χ0v) is 19.0. The Morgan fingerprint density at radius 3 is 2.50 bits per heavy atom. The number of amides is 1. The maximum Gasteiger partial charge on any atom is 0.416 e. The predicted octanol–water partition coefficient (Wildman–Crippen LogP) is 4.81. The number of fused-ring (bicyclic) bond motifs is 1. The van der Waals surface area contributed by atoms with Gasteiger partial charge in [0.2, 0.25) is 5.82 Å². The Hall–Kier alpha value is -4.67. The van der Waals surface area contributed by atoms with Crippen molar-refractivity contribution in [1.29, 1.82) is 0 Å². The summed E-state index contributed by atoms with van der Waals surface area (Å²) in [6, 6.07) is 18.1. The van der Waals surface area contributed by atoms with Crippen molar-refractivity contribution >= 4 is 28.2 Å². The molecule has 0 radical (unpaired) electrons. The predicted molar refractivity (Wildman–Crippen MR) is 129 cm³/mol. The Kier molecular flexibility index (Phi) is 5.67. The van der Waals surface area contributed by atoms with Gasteiger partial charge in [0.1, 0.15) is 5.69 Å². The van der Waals surface area contributed by atoms with E-state index < -0.39 is 17.6 Å². The Morgan fingerprint density at radius 1 is 1.08 bits per heavy atom. The number of rotatable bonds is 6. The standard InChI is InChI=1S/C25H20F3N7O/c1-35-19-7-2-4-16(12-14-8-10-15(11-9-14)24-31-33-34-32-24)20(19)21(22(35)23(29)36)30-18-6-3-5-17(13-18)25(26,27)28/h2-11,13,30H,12H2,1H3,(H2,29,36)(H,31,32,33,34). The molecule has 0 spiro atoms. The molecule has 4 N–H and O–H groups in total. The van der Waals surface area contributed by atoms with E-state index in [-0.39, 0.29) is 11.4 Å². The van der Waals surface area contributed by atoms with Crippen LogP contribution in [0.1, 0.15) is 27.2 Å². The second-order valence-corrected chi connectivity index (χ2v) is 8.27. The van der Waals surface area contributed by atoms with E-state index in [1.807, 2.05) is 42.5 Å². The number of carbonyl (C=O) groups is 1. The molecular weight excluding hydrogens is 471 g/mol. The molecule has 0 saturated carbocycles. The summed E-state index contributed by atoms with van der Waals surface area (Å²) < 4.78 is 41.5. The van der Waals surface area contributed by atoms with Gasteiger partial charge in [0.05, 0.1) is 16.8 Å². The molecule has 3 aromatic carbocycles. The first-order chi connectivity index (χ1) is 17.2. The van der Waals surface area contributed by atoms with Crippen LogP contribution in [0.15, 0.2) is 66.7 Å². The van der Waals surface area contributed by atoms with Crippen LogP contribution in [0.2, 0.25) is 0 Å². The summed E-state index contributed by atoms with van der Waals surface area (Å²) in [5.41, 5.74) is 8.99. The minimum atomic E-state index is -4.50. The number of hydrogen-bond donors (Lipinski definition) is 3. The number of halogens is 3. The maximum atomic E-state index is 13.3. The molecule has 2 aromatic heterocycles. The molecule has 5 rings (SSSR count). The molecule has 0 aliphatic rings. The van der Waals surface area contributed by atoms with Crippen molar-refractivity contribution in [3.05, 3.63) is 89.1 Å². The zero-order chi connectivity index (χ0) is 25.4. The molecule has 0 unspecified atom stereocenters. The summed E-state index contributed by atoms with van der Waals surface area (Å²) in [6.07, 6.45) is -3.99. The van der Waals surface area contributed by atoms with Gasteiger partial charge in [-0.05, 0) is 47.0 Å². The fourth-order valence-corrected chi connectivity index (χ4v) is 4.31. The Labute approximate surface area is 202 Å². The number of H-pyrrole nitrogens is 1. The second kappa shape index (κ2) is 8.84. The van der Waals surface area contributed by atoms with Gasteiger partial charge in [-0.25, -0.2) is 0 Å². The highest BCUT2D eigenvalue weighted by atomic mass is 19.4. The van der Waals surface area contributed by atoms with E-state index in [0.717, 1.165) is 34.3 Å². The van der Waals surface area contributed by atoms with Crippen LogP contribution in [0.4, 0.5) is 24.5 Å². The summed E-state index contributed by atoms with van der Waals surface area (Å²) >= 11 is 0. The van der Waals surface area contributed by atoms with Gasteiger partial charge >= 0.3 is 6.18 Å². The third-order valence-corrected chi connectivity index (χ3v) is 5.96. The van der Waals surface area contributed by atoms with Gasteiger partial charge < -0.3 is 15.6 Å². The van der Waals surface area contributed by atoms with Gasteiger partial charge in [0.25, 0.3) is 5.91 Å². The maximum absolute atomic E-state index is 13.3. The lowest BCUT2D eigenvalue weighted by molar-refractivity contribution is -0.137. The molecule has 1 amide bonds. The lowest BCUT2D eigenvalue weighted by Gasteiger charge is -2.13. The number of primary amides is 1. The quantitative estimate of drug-likeness (QED) is 0.315. The molecule has 0 aliphatic carbocycles. The normalized spacial score (nSPS) is 11.7. The minimum Gasteiger partial charge on any atom is -0.364 e. The van der Waals surface area contributed by atoms with Crippen molar-refractivity contribution in [2.75, 3.05) is 5.32 Å². The van der Waals surface area contributed by atoms with Crippen LogP contribution in [-0.2, 0) is 19.6 Å². The molecule has 2 heterocycles. The summed E-state index contributed by atoms with van der Waals surface area (Å²) in [5, 5.41) is 17.7. The number of carbonyl (C=O) groups excluding carboxylic acids is 1. The molecule has 11 heteroatoms. The van der Waals surface area contributed by atoms with E-state index >= 15 is 0 Å². The molecule has 0 atom stereocenters. The van der Waals surface area contributed by atoms with E-state index in [9.17, 15) is 18.0 Å². The van der Waals surface area contributed by atoms with Crippen LogP contribution in [0.5, 0.6) is 0 Å². The Bertz CT molecular complexity index is 1560. The van der Waals surface area contributed by atoms with Crippen LogP contribution in [0.3, 0.4) is 0 Å². The number of benzene rings is 3. The van der Waals surface area contributed by atoms with E-state index in [4.69, 9.17) is 5.73 Å². The second-order valence-electron chi connectivity index (χ2n) is 8.27. The average molecular weight is 491 g/mol. The van der Waals surface area contributed by atoms with Crippen molar-refractivity contribution < 1.29 is 18.0 Å². The van der Waals surface area contributed by atoms with Gasteiger partial charge in [-0.1, -0.05) is 42.5 Å². The number of nitrogens with two attached hydrogens (primary N) is 1. The molecule has 0 fully saturated rings. The third kappa shape index (κ3) is 4.26. The average Bonchev–Trinajstić information content (AvgIpc) is 3.47. The zero-order valence-electron chi connectivity index (χ0n) is 19.0. The summed E-state index contributed by atoms with van der Waals surface area (Å²) in [4.78, 5) is 12.4. The summed E-state index contributed by atoms with van der Waals surface area (Å²) in [7, 11) is 1.70. The largest absolute Gasteiger partial charge is 0.416 e.